The quantitative estimate of drug-likeness (QED) is 0.573. The second-order valence-electron chi connectivity index (χ2n) is 9.42. The highest BCUT2D eigenvalue weighted by Gasteiger charge is 2.28. The zero-order valence-electron chi connectivity index (χ0n) is 18.3. The van der Waals surface area contributed by atoms with Crippen LogP contribution in [0.5, 0.6) is 0 Å². The largest absolute Gasteiger partial charge is 0.327 e. The predicted octanol–water partition coefficient (Wildman–Crippen LogP) is 5.01. The Labute approximate surface area is 183 Å². The van der Waals surface area contributed by atoms with Crippen molar-refractivity contribution in [2.45, 2.75) is 74.8 Å². The van der Waals surface area contributed by atoms with Gasteiger partial charge in [-0.15, -0.1) is 0 Å². The summed E-state index contributed by atoms with van der Waals surface area (Å²) in [4.78, 5) is 8.96. The van der Waals surface area contributed by atoms with Gasteiger partial charge < -0.3 is 4.57 Å². The Morgan fingerprint density at radius 3 is 2.58 bits per heavy atom. The van der Waals surface area contributed by atoms with Gasteiger partial charge in [0.2, 0.25) is 9.84 Å². The minimum Gasteiger partial charge on any atom is -0.327 e. The summed E-state index contributed by atoms with van der Waals surface area (Å²) in [6.07, 6.45) is 7.71. The topological polar surface area (TPSA) is 88.6 Å². The van der Waals surface area contributed by atoms with Gasteiger partial charge in [0.15, 0.2) is 5.03 Å². The molecule has 0 bridgehead atoms. The fourth-order valence-electron chi connectivity index (χ4n) is 4.46. The summed E-state index contributed by atoms with van der Waals surface area (Å²) in [5.74, 6) is 1.60. The summed E-state index contributed by atoms with van der Waals surface area (Å²) in [7, 11) is -3.92. The zero-order valence-corrected chi connectivity index (χ0v) is 19.1. The van der Waals surface area contributed by atoms with Crippen molar-refractivity contribution in [3.8, 4) is 6.07 Å². The van der Waals surface area contributed by atoms with Crippen molar-refractivity contribution in [2.75, 3.05) is 0 Å². The molecule has 2 heterocycles. The molecule has 1 saturated carbocycles. The highest BCUT2D eigenvalue weighted by atomic mass is 32.2. The smallest absolute Gasteiger partial charge is 0.225 e. The minimum absolute atomic E-state index is 0.0424. The lowest BCUT2D eigenvalue weighted by Crippen LogP contribution is -2.22. The van der Waals surface area contributed by atoms with E-state index in [2.05, 4.69) is 30.3 Å². The predicted molar refractivity (Wildman–Crippen MR) is 119 cm³/mol. The summed E-state index contributed by atoms with van der Waals surface area (Å²) < 4.78 is 28.7. The Morgan fingerprint density at radius 1 is 1.16 bits per heavy atom. The highest BCUT2D eigenvalue weighted by molar-refractivity contribution is 7.91. The molecule has 31 heavy (non-hydrogen) atoms. The van der Waals surface area contributed by atoms with Gasteiger partial charge in [-0.25, -0.2) is 18.4 Å². The highest BCUT2D eigenvalue weighted by Crippen LogP contribution is 2.33. The fraction of sp³-hybridized carbons (Fsp3) is 0.458. The summed E-state index contributed by atoms with van der Waals surface area (Å²) in [6, 6.07) is 10.0. The molecular formula is C24H28N4O2S. The van der Waals surface area contributed by atoms with Gasteiger partial charge in [-0.3, -0.25) is 0 Å². The van der Waals surface area contributed by atoms with Gasteiger partial charge in [-0.05, 0) is 49.1 Å². The standard InChI is InChI=1S/C24H28N4O2S/c1-24(2,3)23-27-20-14-19(31(29,30)22-18(15-25)10-7-13-26-22)11-12-21(20)28(23)16-17-8-5-4-6-9-17/h7,10-14,17H,4-6,8-9,16H2,1-3H3. The number of sulfone groups is 1. The van der Waals surface area contributed by atoms with Gasteiger partial charge in [0.05, 0.1) is 21.5 Å². The van der Waals surface area contributed by atoms with Crippen LogP contribution in [0.3, 0.4) is 0 Å². The number of rotatable bonds is 4. The van der Waals surface area contributed by atoms with Crippen LogP contribution in [-0.2, 0) is 21.8 Å². The van der Waals surface area contributed by atoms with Crippen LogP contribution in [0.25, 0.3) is 11.0 Å². The zero-order chi connectivity index (χ0) is 22.2. The Bertz CT molecular complexity index is 1260. The monoisotopic (exact) mass is 436 g/mol. The summed E-state index contributed by atoms with van der Waals surface area (Å²) >= 11 is 0. The van der Waals surface area contributed by atoms with Gasteiger partial charge in [0.1, 0.15) is 11.9 Å². The number of imidazole rings is 1. The molecule has 0 unspecified atom stereocenters. The van der Waals surface area contributed by atoms with Crippen molar-refractivity contribution in [1.82, 2.24) is 14.5 Å². The van der Waals surface area contributed by atoms with Crippen LogP contribution in [0.2, 0.25) is 0 Å². The van der Waals surface area contributed by atoms with Crippen LogP contribution < -0.4 is 0 Å². The normalized spacial score (nSPS) is 15.8. The number of nitrogens with zero attached hydrogens (tertiary/aromatic N) is 4. The molecule has 7 heteroatoms. The van der Waals surface area contributed by atoms with Crippen LogP contribution in [0.4, 0.5) is 0 Å². The molecule has 1 aliphatic rings. The van der Waals surface area contributed by atoms with Crippen molar-refractivity contribution in [3.05, 3.63) is 47.9 Å². The number of fused-ring (bicyclic) bond motifs is 1. The first-order valence-electron chi connectivity index (χ1n) is 10.8. The third-order valence-electron chi connectivity index (χ3n) is 6.01. The molecular weight excluding hydrogens is 408 g/mol. The van der Waals surface area contributed by atoms with Crippen molar-refractivity contribution in [2.24, 2.45) is 5.92 Å². The molecule has 0 saturated heterocycles. The molecule has 1 aliphatic carbocycles. The number of hydrogen-bond acceptors (Lipinski definition) is 5. The minimum atomic E-state index is -3.92. The molecule has 1 fully saturated rings. The molecule has 4 rings (SSSR count). The van der Waals surface area contributed by atoms with E-state index in [4.69, 9.17) is 4.98 Å². The fourth-order valence-corrected chi connectivity index (χ4v) is 5.80. The second-order valence-corrected chi connectivity index (χ2v) is 11.3. The molecule has 162 valence electrons. The Kier molecular flexibility index (Phi) is 5.61. The maximum Gasteiger partial charge on any atom is 0.225 e. The van der Waals surface area contributed by atoms with Crippen LogP contribution >= 0.6 is 0 Å². The summed E-state index contributed by atoms with van der Waals surface area (Å²) in [5, 5.41) is 9.10. The van der Waals surface area contributed by atoms with Gasteiger partial charge in [0.25, 0.3) is 0 Å². The second kappa shape index (κ2) is 8.08. The Hall–Kier alpha value is -2.72. The number of hydrogen-bond donors (Lipinski definition) is 0. The Morgan fingerprint density at radius 2 is 1.90 bits per heavy atom. The molecule has 1 aromatic carbocycles. The molecule has 0 radical (unpaired) electrons. The summed E-state index contributed by atoms with van der Waals surface area (Å²) in [5.41, 5.74) is 1.50. The lowest BCUT2D eigenvalue weighted by atomic mass is 9.88. The van der Waals surface area contributed by atoms with E-state index >= 15 is 0 Å². The molecule has 0 N–H and O–H groups in total. The van der Waals surface area contributed by atoms with E-state index < -0.39 is 9.84 Å². The van der Waals surface area contributed by atoms with E-state index in [0.717, 1.165) is 17.9 Å². The van der Waals surface area contributed by atoms with Crippen LogP contribution in [0, 0.1) is 17.2 Å². The van der Waals surface area contributed by atoms with E-state index in [0.29, 0.717) is 11.4 Å². The molecule has 0 aliphatic heterocycles. The van der Waals surface area contributed by atoms with Gasteiger partial charge in [-0.1, -0.05) is 40.0 Å². The van der Waals surface area contributed by atoms with Gasteiger partial charge >= 0.3 is 0 Å². The molecule has 6 nitrogen and oxygen atoms in total. The number of aromatic nitrogens is 3. The molecule has 0 spiro atoms. The maximum atomic E-state index is 13.2. The van der Waals surface area contributed by atoms with E-state index in [1.165, 1.54) is 44.4 Å². The molecule has 0 atom stereocenters. The van der Waals surface area contributed by atoms with Crippen molar-refractivity contribution in [1.29, 1.82) is 5.26 Å². The van der Waals surface area contributed by atoms with E-state index in [1.54, 1.807) is 18.2 Å². The molecule has 2 aromatic heterocycles. The SMILES string of the molecule is CC(C)(C)c1nc2cc(S(=O)(=O)c3ncccc3C#N)ccc2n1CC1CCCCC1. The average Bonchev–Trinajstić information content (AvgIpc) is 3.12. The van der Waals surface area contributed by atoms with Crippen LogP contribution in [0.1, 0.15) is 64.3 Å². The first-order valence-corrected chi connectivity index (χ1v) is 12.3. The number of nitriles is 1. The lowest BCUT2D eigenvalue weighted by molar-refractivity contribution is 0.313. The van der Waals surface area contributed by atoms with Gasteiger partial charge in [-0.2, -0.15) is 5.26 Å². The Balaban J connectivity index is 1.82. The van der Waals surface area contributed by atoms with E-state index in [9.17, 15) is 13.7 Å². The number of pyridine rings is 1. The molecule has 0 amide bonds. The molecule has 3 aromatic rings. The first kappa shape index (κ1) is 21.5. The summed E-state index contributed by atoms with van der Waals surface area (Å²) in [6.45, 7) is 7.32. The van der Waals surface area contributed by atoms with E-state index in [-0.39, 0.29) is 20.9 Å². The lowest BCUT2D eigenvalue weighted by Gasteiger charge is -2.26. The van der Waals surface area contributed by atoms with Crippen molar-refractivity contribution < 1.29 is 8.42 Å². The van der Waals surface area contributed by atoms with Crippen molar-refractivity contribution in [3.63, 3.8) is 0 Å². The average molecular weight is 437 g/mol. The van der Waals surface area contributed by atoms with E-state index in [1.807, 2.05) is 12.1 Å². The van der Waals surface area contributed by atoms with Crippen molar-refractivity contribution >= 4 is 20.9 Å². The van der Waals surface area contributed by atoms with Crippen LogP contribution in [-0.4, -0.2) is 23.0 Å². The first-order chi connectivity index (χ1) is 14.7. The van der Waals surface area contributed by atoms with Crippen LogP contribution in [0.15, 0.2) is 46.5 Å². The number of benzene rings is 1. The third kappa shape index (κ3) is 4.09. The maximum absolute atomic E-state index is 13.2. The van der Waals surface area contributed by atoms with Gasteiger partial charge in [0, 0.05) is 18.2 Å². The third-order valence-corrected chi connectivity index (χ3v) is 7.72.